The molecular formula is C11H10ClNO3. The van der Waals surface area contributed by atoms with Gasteiger partial charge in [-0.05, 0) is 12.1 Å². The van der Waals surface area contributed by atoms with Crippen LogP contribution in [0.3, 0.4) is 0 Å². The number of benzene rings is 1. The number of carbonyl (C=O) groups excluding carboxylic acids is 1. The number of rotatable bonds is 3. The van der Waals surface area contributed by atoms with Crippen molar-refractivity contribution in [2.24, 2.45) is 0 Å². The Morgan fingerprint density at radius 3 is 2.62 bits per heavy atom. The molecule has 0 fully saturated rings. The Kier molecular flexibility index (Phi) is 4.15. The highest BCUT2D eigenvalue weighted by molar-refractivity contribution is 6.17. The number of nitrogens with zero attached hydrogens (tertiary/aromatic N) is 1. The van der Waals surface area contributed by atoms with Gasteiger partial charge in [0.1, 0.15) is 11.3 Å². The number of hydrogen-bond acceptors (Lipinski definition) is 4. The molecule has 0 amide bonds. The molecular weight excluding hydrogens is 230 g/mol. The summed E-state index contributed by atoms with van der Waals surface area (Å²) in [7, 11) is 2.69. The molecule has 4 nitrogen and oxygen atoms in total. The Balaban J connectivity index is 3.44. The van der Waals surface area contributed by atoms with Crippen LogP contribution >= 0.6 is 11.6 Å². The van der Waals surface area contributed by atoms with Gasteiger partial charge >= 0.3 is 5.97 Å². The van der Waals surface area contributed by atoms with E-state index in [4.69, 9.17) is 21.6 Å². The molecule has 0 saturated heterocycles. The van der Waals surface area contributed by atoms with E-state index in [1.165, 1.54) is 26.4 Å². The normalized spacial score (nSPS) is 9.38. The average Bonchev–Trinajstić information content (AvgIpc) is 2.35. The zero-order valence-corrected chi connectivity index (χ0v) is 9.67. The van der Waals surface area contributed by atoms with Gasteiger partial charge in [-0.3, -0.25) is 0 Å². The Labute approximate surface area is 98.3 Å². The van der Waals surface area contributed by atoms with Crippen molar-refractivity contribution in [3.05, 3.63) is 28.8 Å². The van der Waals surface area contributed by atoms with Gasteiger partial charge in [0.05, 0.1) is 31.7 Å². The predicted octanol–water partition coefficient (Wildman–Crippen LogP) is 2.09. The lowest BCUT2D eigenvalue weighted by molar-refractivity contribution is 0.0597. The van der Waals surface area contributed by atoms with Gasteiger partial charge in [0.25, 0.3) is 0 Å². The summed E-state index contributed by atoms with van der Waals surface area (Å²) in [5.41, 5.74) is 1.15. The third kappa shape index (κ3) is 2.10. The van der Waals surface area contributed by atoms with Crippen LogP contribution in [-0.2, 0) is 10.6 Å². The van der Waals surface area contributed by atoms with E-state index in [9.17, 15) is 4.79 Å². The fourth-order valence-corrected chi connectivity index (χ4v) is 1.63. The summed E-state index contributed by atoms with van der Waals surface area (Å²) in [4.78, 5) is 11.4. The maximum Gasteiger partial charge on any atom is 0.341 e. The van der Waals surface area contributed by atoms with E-state index >= 15 is 0 Å². The zero-order valence-electron chi connectivity index (χ0n) is 8.91. The SMILES string of the molecule is COC(=O)c1ccc(C#N)c(CCl)c1OC. The van der Waals surface area contributed by atoms with Gasteiger partial charge in [-0.1, -0.05) is 0 Å². The molecule has 1 aromatic rings. The van der Waals surface area contributed by atoms with E-state index in [1.54, 1.807) is 0 Å². The monoisotopic (exact) mass is 239 g/mol. The maximum absolute atomic E-state index is 11.4. The summed E-state index contributed by atoms with van der Waals surface area (Å²) in [6.45, 7) is 0. The van der Waals surface area contributed by atoms with E-state index in [0.29, 0.717) is 16.9 Å². The number of halogens is 1. The van der Waals surface area contributed by atoms with Crippen LogP contribution < -0.4 is 4.74 Å². The second-order valence-electron chi connectivity index (χ2n) is 2.91. The topological polar surface area (TPSA) is 59.3 Å². The largest absolute Gasteiger partial charge is 0.495 e. The highest BCUT2D eigenvalue weighted by atomic mass is 35.5. The fraction of sp³-hybridized carbons (Fsp3) is 0.273. The van der Waals surface area contributed by atoms with Crippen LogP contribution in [-0.4, -0.2) is 20.2 Å². The van der Waals surface area contributed by atoms with Gasteiger partial charge in [-0.2, -0.15) is 5.26 Å². The molecule has 0 saturated carbocycles. The Hall–Kier alpha value is -1.73. The first kappa shape index (κ1) is 12.3. The molecule has 0 heterocycles. The third-order valence-corrected chi connectivity index (χ3v) is 2.39. The average molecular weight is 240 g/mol. The van der Waals surface area contributed by atoms with Gasteiger partial charge in [0.15, 0.2) is 0 Å². The van der Waals surface area contributed by atoms with E-state index in [1.807, 2.05) is 6.07 Å². The van der Waals surface area contributed by atoms with Crippen LogP contribution in [0.5, 0.6) is 5.75 Å². The number of hydrogen-bond donors (Lipinski definition) is 0. The Morgan fingerprint density at radius 2 is 2.19 bits per heavy atom. The lowest BCUT2D eigenvalue weighted by atomic mass is 10.0. The maximum atomic E-state index is 11.4. The van der Waals surface area contributed by atoms with Crippen molar-refractivity contribution in [2.75, 3.05) is 14.2 Å². The van der Waals surface area contributed by atoms with Crippen molar-refractivity contribution in [1.82, 2.24) is 0 Å². The lowest BCUT2D eigenvalue weighted by Gasteiger charge is -2.11. The molecule has 0 N–H and O–H groups in total. The van der Waals surface area contributed by atoms with Gasteiger partial charge in [-0.15, -0.1) is 11.6 Å². The smallest absolute Gasteiger partial charge is 0.341 e. The quantitative estimate of drug-likeness (QED) is 0.599. The molecule has 0 bridgehead atoms. The molecule has 0 aliphatic rings. The molecule has 1 aromatic carbocycles. The molecule has 1 rings (SSSR count). The predicted molar refractivity (Wildman–Crippen MR) is 58.6 cm³/mol. The number of methoxy groups -OCH3 is 2. The lowest BCUT2D eigenvalue weighted by Crippen LogP contribution is -2.07. The molecule has 0 aliphatic heterocycles. The van der Waals surface area contributed by atoms with Crippen LogP contribution in [0.1, 0.15) is 21.5 Å². The van der Waals surface area contributed by atoms with E-state index in [0.717, 1.165) is 0 Å². The number of alkyl halides is 1. The van der Waals surface area contributed by atoms with E-state index in [2.05, 4.69) is 4.74 Å². The van der Waals surface area contributed by atoms with Crippen molar-refractivity contribution in [3.63, 3.8) is 0 Å². The van der Waals surface area contributed by atoms with Crippen LogP contribution in [0.4, 0.5) is 0 Å². The first-order valence-electron chi connectivity index (χ1n) is 4.43. The number of esters is 1. The molecule has 0 aromatic heterocycles. The molecule has 5 heteroatoms. The van der Waals surface area contributed by atoms with Gasteiger partial charge in [0, 0.05) is 5.56 Å². The van der Waals surface area contributed by atoms with Crippen molar-refractivity contribution < 1.29 is 14.3 Å². The number of nitriles is 1. The van der Waals surface area contributed by atoms with Crippen molar-refractivity contribution in [1.29, 1.82) is 5.26 Å². The standard InChI is InChI=1S/C11H10ClNO3/c1-15-10-8(11(14)16-2)4-3-7(6-13)9(10)5-12/h3-4H,5H2,1-2H3. The molecule has 16 heavy (non-hydrogen) atoms. The minimum absolute atomic E-state index is 0.0941. The van der Waals surface area contributed by atoms with Crippen molar-refractivity contribution in [3.8, 4) is 11.8 Å². The zero-order chi connectivity index (χ0) is 12.1. The van der Waals surface area contributed by atoms with E-state index in [-0.39, 0.29) is 11.4 Å². The molecule has 84 valence electrons. The molecule has 0 spiro atoms. The van der Waals surface area contributed by atoms with Gasteiger partial charge < -0.3 is 9.47 Å². The third-order valence-electron chi connectivity index (χ3n) is 2.12. The minimum Gasteiger partial charge on any atom is -0.495 e. The second-order valence-corrected chi connectivity index (χ2v) is 3.18. The molecule has 0 aliphatic carbocycles. The Morgan fingerprint density at radius 1 is 1.50 bits per heavy atom. The number of ether oxygens (including phenoxy) is 2. The second kappa shape index (κ2) is 5.38. The first-order valence-corrected chi connectivity index (χ1v) is 4.97. The minimum atomic E-state index is -0.521. The highest BCUT2D eigenvalue weighted by Gasteiger charge is 2.18. The Bertz CT molecular complexity index is 451. The molecule has 0 atom stereocenters. The summed E-state index contributed by atoms with van der Waals surface area (Å²) in [5, 5.41) is 8.88. The summed E-state index contributed by atoms with van der Waals surface area (Å²) in [6, 6.07) is 4.99. The van der Waals surface area contributed by atoms with Gasteiger partial charge in [0.2, 0.25) is 0 Å². The summed E-state index contributed by atoms with van der Waals surface area (Å²) in [6.07, 6.45) is 0. The fourth-order valence-electron chi connectivity index (χ4n) is 1.37. The number of carbonyl (C=O) groups is 1. The summed E-state index contributed by atoms with van der Waals surface area (Å²) < 4.78 is 9.70. The van der Waals surface area contributed by atoms with Crippen LogP contribution in [0.15, 0.2) is 12.1 Å². The molecule has 0 radical (unpaired) electrons. The highest BCUT2D eigenvalue weighted by Crippen LogP contribution is 2.29. The van der Waals surface area contributed by atoms with E-state index < -0.39 is 5.97 Å². The van der Waals surface area contributed by atoms with Crippen LogP contribution in [0, 0.1) is 11.3 Å². The van der Waals surface area contributed by atoms with Crippen molar-refractivity contribution >= 4 is 17.6 Å². The molecule has 0 unspecified atom stereocenters. The van der Waals surface area contributed by atoms with Crippen LogP contribution in [0.25, 0.3) is 0 Å². The summed E-state index contributed by atoms with van der Waals surface area (Å²) >= 11 is 5.73. The van der Waals surface area contributed by atoms with Gasteiger partial charge in [-0.25, -0.2) is 4.79 Å². The van der Waals surface area contributed by atoms with Crippen molar-refractivity contribution in [2.45, 2.75) is 5.88 Å². The van der Waals surface area contributed by atoms with Crippen LogP contribution in [0.2, 0.25) is 0 Å². The first-order chi connectivity index (χ1) is 7.69. The summed E-state index contributed by atoms with van der Waals surface area (Å²) in [5.74, 6) is -0.134.